The summed E-state index contributed by atoms with van der Waals surface area (Å²) in [6.07, 6.45) is 10.9. The molecule has 6 aromatic carbocycles. The van der Waals surface area contributed by atoms with Crippen molar-refractivity contribution in [2.24, 2.45) is 5.92 Å². The Hall–Kier alpha value is -6.46. The molecule has 2 aliphatic heterocycles. The van der Waals surface area contributed by atoms with Gasteiger partial charge in [-0.1, -0.05) is 173 Å². The van der Waals surface area contributed by atoms with Gasteiger partial charge in [-0.25, -0.2) is 0 Å². The summed E-state index contributed by atoms with van der Waals surface area (Å²) in [5, 5.41) is 9.95. The summed E-state index contributed by atoms with van der Waals surface area (Å²) in [6.45, 7) is 23.8. The molecular formula is C67H68IrN5. The molecule has 0 saturated carbocycles. The molecule has 9 aromatic rings. The van der Waals surface area contributed by atoms with Gasteiger partial charge in [0.05, 0.1) is 23.8 Å². The number of pyridine rings is 1. The van der Waals surface area contributed by atoms with Crippen LogP contribution in [0, 0.1) is 24.1 Å². The number of nitrogens with zero attached hydrogens (tertiary/aromatic N) is 5. The summed E-state index contributed by atoms with van der Waals surface area (Å²) >= 11 is 0. The zero-order chi connectivity index (χ0) is 50.4. The van der Waals surface area contributed by atoms with Crippen LogP contribution in [0.3, 0.4) is 0 Å². The van der Waals surface area contributed by atoms with E-state index in [4.69, 9.17) is 10.2 Å². The third-order valence-electron chi connectivity index (χ3n) is 16.6. The summed E-state index contributed by atoms with van der Waals surface area (Å²) in [5.74, 6) is 0.596. The fraction of sp³-hybridized carbons (Fsp3) is 0.299. The number of fused-ring (bicyclic) bond motifs is 6. The van der Waals surface area contributed by atoms with Crippen LogP contribution in [0.15, 0.2) is 164 Å². The molecule has 0 unspecified atom stereocenters. The minimum Gasteiger partial charge on any atom is -0.305 e. The second kappa shape index (κ2) is 20.4. The standard InChI is InChI=1S/C56H60N4.C11H8N.Ir/c1-37(2)29-42-31-40(23-21-38-25-27-49-47(33-38)53(3,4)55(7,8)51-45(35-57-59(49)51)43-17-13-11-14-18-43)30-41(32-42)24-22-39-26-28-50-48(34-39)54(5,6)56(9,10)52-46(36-58-60(50)52)44-19-15-12-16-20-44;1-2-6-10(7-3-1)11-8-4-5-9-12-11;/h11-20,25-26,30-37H,21-24,29H2,1-10H3;1-6,8-9H;/q-2;-1;+3. The number of hydrogen-bond acceptors (Lipinski definition) is 3. The topological polar surface area (TPSA) is 48.5 Å². The van der Waals surface area contributed by atoms with Gasteiger partial charge in [0.2, 0.25) is 0 Å². The Morgan fingerprint density at radius 1 is 0.479 bits per heavy atom. The first-order chi connectivity index (χ1) is 34.5. The second-order valence-electron chi connectivity index (χ2n) is 22.7. The molecule has 11 rings (SSSR count). The van der Waals surface area contributed by atoms with E-state index in [9.17, 15) is 0 Å². The van der Waals surface area contributed by atoms with Crippen molar-refractivity contribution in [2.45, 2.75) is 123 Å². The molecule has 5 heterocycles. The largest absolute Gasteiger partial charge is 3.00 e. The summed E-state index contributed by atoms with van der Waals surface area (Å²) < 4.78 is 4.32. The Morgan fingerprint density at radius 2 is 0.932 bits per heavy atom. The number of aromatic nitrogens is 5. The third-order valence-corrected chi connectivity index (χ3v) is 16.6. The van der Waals surface area contributed by atoms with Gasteiger partial charge in [0.1, 0.15) is 0 Å². The van der Waals surface area contributed by atoms with E-state index in [0.29, 0.717) is 5.92 Å². The predicted octanol–water partition coefficient (Wildman–Crippen LogP) is 15.4. The predicted molar refractivity (Wildman–Crippen MR) is 296 cm³/mol. The fourth-order valence-electron chi connectivity index (χ4n) is 11.2. The molecule has 0 aliphatic carbocycles. The molecule has 73 heavy (non-hydrogen) atoms. The summed E-state index contributed by atoms with van der Waals surface area (Å²) in [7, 11) is 0. The monoisotopic (exact) mass is 1140 g/mol. The van der Waals surface area contributed by atoms with Crippen LogP contribution in [0.5, 0.6) is 0 Å². The van der Waals surface area contributed by atoms with Crippen LogP contribution >= 0.6 is 0 Å². The van der Waals surface area contributed by atoms with Crippen LogP contribution in [0.1, 0.15) is 120 Å². The quantitative estimate of drug-likeness (QED) is 0.121. The Labute approximate surface area is 448 Å². The van der Waals surface area contributed by atoms with Gasteiger partial charge in [0.15, 0.2) is 0 Å². The molecule has 0 N–H and O–H groups in total. The zero-order valence-electron chi connectivity index (χ0n) is 44.3. The van der Waals surface area contributed by atoms with Crippen LogP contribution in [0.25, 0.3) is 44.9 Å². The molecular weight excluding hydrogens is 1070 g/mol. The zero-order valence-corrected chi connectivity index (χ0v) is 46.7. The van der Waals surface area contributed by atoms with Crippen LogP contribution in [0.4, 0.5) is 0 Å². The summed E-state index contributed by atoms with van der Waals surface area (Å²) in [4.78, 5) is 4.22. The van der Waals surface area contributed by atoms with Gasteiger partial charge < -0.3 is 4.98 Å². The van der Waals surface area contributed by atoms with Crippen molar-refractivity contribution in [2.75, 3.05) is 0 Å². The molecule has 0 radical (unpaired) electrons. The molecule has 0 saturated heterocycles. The number of hydrogen-bond donors (Lipinski definition) is 0. The normalized spacial score (nSPS) is 15.2. The van der Waals surface area contributed by atoms with Gasteiger partial charge in [-0.2, -0.15) is 57.7 Å². The average molecular weight is 1140 g/mol. The fourth-order valence-corrected chi connectivity index (χ4v) is 11.2. The van der Waals surface area contributed by atoms with Crippen LogP contribution < -0.4 is 0 Å². The van der Waals surface area contributed by atoms with Crippen molar-refractivity contribution < 1.29 is 20.1 Å². The van der Waals surface area contributed by atoms with Gasteiger partial charge in [-0.3, -0.25) is 9.36 Å². The molecule has 370 valence electrons. The summed E-state index contributed by atoms with van der Waals surface area (Å²) in [6, 6.07) is 62.4. The van der Waals surface area contributed by atoms with E-state index >= 15 is 0 Å². The number of rotatable bonds is 11. The maximum absolute atomic E-state index is 4.98. The van der Waals surface area contributed by atoms with Crippen molar-refractivity contribution in [1.29, 1.82) is 0 Å². The Balaban J connectivity index is 0.000000441. The van der Waals surface area contributed by atoms with E-state index < -0.39 is 0 Å². The van der Waals surface area contributed by atoms with Crippen LogP contribution in [0.2, 0.25) is 0 Å². The molecule has 0 atom stereocenters. The molecule has 6 heteroatoms. The van der Waals surface area contributed by atoms with Gasteiger partial charge >= 0.3 is 20.1 Å². The van der Waals surface area contributed by atoms with Crippen molar-refractivity contribution in [3.63, 3.8) is 0 Å². The minimum absolute atomic E-state index is 0. The molecule has 5 nitrogen and oxygen atoms in total. The summed E-state index contributed by atoms with van der Waals surface area (Å²) in [5.41, 5.74) is 20.6. The first-order valence-corrected chi connectivity index (χ1v) is 25.9. The SMILES string of the molecule is CC(C)Cc1cc(CCc2c[c-]c3c(c2)C(C)(C)C(C)(C)c2c(-c4ccccc4)cnn2-3)cc(CCc2c[c-]c3c(c2)C(C)(C)C(C)(C)c2c(-c4ccccc4)cnn2-3)c1.[Ir+3].[c-]1ccccc1-c1ccccn1. The molecule has 0 bridgehead atoms. The minimum atomic E-state index is -0.149. The molecule has 0 spiro atoms. The van der Waals surface area contributed by atoms with E-state index in [1.165, 1.54) is 72.6 Å². The maximum atomic E-state index is 4.98. The van der Waals surface area contributed by atoms with E-state index in [2.05, 4.69) is 205 Å². The first kappa shape index (κ1) is 51.4. The third kappa shape index (κ3) is 9.66. The van der Waals surface area contributed by atoms with Gasteiger partial charge in [0, 0.05) is 28.2 Å². The van der Waals surface area contributed by atoms with Gasteiger partial charge in [-0.05, 0) is 87.0 Å². The van der Waals surface area contributed by atoms with E-state index in [1.807, 2.05) is 54.9 Å². The number of benzene rings is 6. The van der Waals surface area contributed by atoms with Crippen molar-refractivity contribution in [3.05, 3.63) is 233 Å². The van der Waals surface area contributed by atoms with E-state index in [-0.39, 0.29) is 41.8 Å². The molecule has 0 fully saturated rings. The first-order valence-electron chi connectivity index (χ1n) is 25.9. The van der Waals surface area contributed by atoms with Crippen LogP contribution in [-0.4, -0.2) is 24.5 Å². The Bertz CT molecular complexity index is 3120. The Morgan fingerprint density at radius 3 is 1.37 bits per heavy atom. The molecule has 0 amide bonds. The van der Waals surface area contributed by atoms with Gasteiger partial charge in [0.25, 0.3) is 0 Å². The molecule has 3 aromatic heterocycles. The average Bonchev–Trinajstić information content (AvgIpc) is 4.05. The Kier molecular flexibility index (Phi) is 14.4. The van der Waals surface area contributed by atoms with Crippen LogP contribution in [-0.2, 0) is 73.9 Å². The van der Waals surface area contributed by atoms with Crippen molar-refractivity contribution in [1.82, 2.24) is 24.5 Å². The maximum Gasteiger partial charge on any atom is 3.00 e. The van der Waals surface area contributed by atoms with Crippen molar-refractivity contribution >= 4 is 0 Å². The van der Waals surface area contributed by atoms with E-state index in [1.54, 1.807) is 6.20 Å². The van der Waals surface area contributed by atoms with Crippen molar-refractivity contribution in [3.8, 4) is 44.9 Å². The van der Waals surface area contributed by atoms with Gasteiger partial charge in [-0.15, -0.1) is 47.0 Å². The number of aryl methyl sites for hydroxylation is 4. The second-order valence-corrected chi connectivity index (χ2v) is 22.7. The smallest absolute Gasteiger partial charge is 0.305 e. The van der Waals surface area contributed by atoms with E-state index in [0.717, 1.165) is 54.7 Å². The molecule has 2 aliphatic rings.